The molecule has 20 heavy (non-hydrogen) atoms. The third kappa shape index (κ3) is 4.46. The fourth-order valence-electron chi connectivity index (χ4n) is 1.95. The summed E-state index contributed by atoms with van der Waals surface area (Å²) in [6, 6.07) is 5.11. The van der Waals surface area contributed by atoms with Gasteiger partial charge in [0.15, 0.2) is 0 Å². The average molecular weight is 301 g/mol. The largest absolute Gasteiger partial charge is 0.365 e. The van der Waals surface area contributed by atoms with Crippen LogP contribution in [0, 0.1) is 17.0 Å². The highest BCUT2D eigenvalue weighted by Gasteiger charge is 2.20. The topological polar surface area (TPSA) is 92.6 Å². The Balaban J connectivity index is 2.95. The van der Waals surface area contributed by atoms with Gasteiger partial charge in [0, 0.05) is 25.2 Å². The molecule has 0 fully saturated rings. The summed E-state index contributed by atoms with van der Waals surface area (Å²) in [5.41, 5.74) is 1.16. The van der Waals surface area contributed by atoms with Crippen molar-refractivity contribution in [3.8, 4) is 0 Å². The molecule has 1 rings (SSSR count). The van der Waals surface area contributed by atoms with Crippen molar-refractivity contribution in [1.82, 2.24) is 4.72 Å². The van der Waals surface area contributed by atoms with E-state index in [2.05, 4.69) is 4.72 Å². The van der Waals surface area contributed by atoms with E-state index in [1.54, 1.807) is 30.0 Å². The molecule has 0 amide bonds. The number of nitrogens with one attached hydrogen (secondary N) is 1. The van der Waals surface area contributed by atoms with E-state index < -0.39 is 14.9 Å². The normalized spacial score (nSPS) is 11.3. The van der Waals surface area contributed by atoms with Gasteiger partial charge >= 0.3 is 0 Å². The Morgan fingerprint density at radius 1 is 1.40 bits per heavy atom. The molecule has 0 saturated carbocycles. The van der Waals surface area contributed by atoms with Crippen LogP contribution in [-0.4, -0.2) is 39.2 Å². The maximum atomic E-state index is 11.2. The predicted molar refractivity (Wildman–Crippen MR) is 78.6 cm³/mol. The highest BCUT2D eigenvalue weighted by atomic mass is 32.2. The van der Waals surface area contributed by atoms with Crippen LogP contribution in [0.25, 0.3) is 0 Å². The third-order valence-corrected chi connectivity index (χ3v) is 3.60. The van der Waals surface area contributed by atoms with Crippen molar-refractivity contribution in [3.63, 3.8) is 0 Å². The van der Waals surface area contributed by atoms with Crippen molar-refractivity contribution in [2.75, 3.05) is 30.8 Å². The quantitative estimate of drug-likeness (QED) is 0.605. The van der Waals surface area contributed by atoms with Crippen LogP contribution < -0.4 is 9.62 Å². The molecule has 8 heteroatoms. The van der Waals surface area contributed by atoms with E-state index in [9.17, 15) is 18.5 Å². The smallest absolute Gasteiger partial charge is 0.295 e. The van der Waals surface area contributed by atoms with E-state index in [-0.39, 0.29) is 12.2 Å². The first-order chi connectivity index (χ1) is 9.26. The monoisotopic (exact) mass is 301 g/mol. The van der Waals surface area contributed by atoms with Gasteiger partial charge in [0.2, 0.25) is 10.0 Å². The molecule has 1 N–H and O–H groups in total. The maximum absolute atomic E-state index is 11.2. The Morgan fingerprint density at radius 3 is 2.55 bits per heavy atom. The number of anilines is 1. The first-order valence-corrected chi connectivity index (χ1v) is 8.09. The number of hydrogen-bond acceptors (Lipinski definition) is 5. The fraction of sp³-hybridized carbons (Fsp3) is 0.500. The molecule has 0 aliphatic heterocycles. The molecule has 0 aliphatic rings. The Labute approximate surface area is 118 Å². The van der Waals surface area contributed by atoms with Crippen LogP contribution in [-0.2, 0) is 10.0 Å². The summed E-state index contributed by atoms with van der Waals surface area (Å²) in [6.45, 7) is 4.68. The number of nitrogens with zero attached hydrogens (tertiary/aromatic N) is 2. The lowest BCUT2D eigenvalue weighted by Crippen LogP contribution is -2.34. The minimum absolute atomic E-state index is 0.0636. The summed E-state index contributed by atoms with van der Waals surface area (Å²) in [7, 11) is -3.26. The second-order valence-electron chi connectivity index (χ2n) is 4.45. The second-order valence-corrected chi connectivity index (χ2v) is 6.28. The number of aryl methyl sites for hydroxylation is 1. The van der Waals surface area contributed by atoms with Crippen LogP contribution in [0.4, 0.5) is 11.4 Å². The Kier molecular flexibility index (Phi) is 5.46. The predicted octanol–water partition coefficient (Wildman–Crippen LogP) is 1.28. The van der Waals surface area contributed by atoms with Crippen molar-refractivity contribution in [1.29, 1.82) is 0 Å². The lowest BCUT2D eigenvalue weighted by Gasteiger charge is -2.23. The van der Waals surface area contributed by atoms with Gasteiger partial charge in [-0.1, -0.05) is 12.1 Å². The van der Waals surface area contributed by atoms with Crippen LogP contribution in [0.5, 0.6) is 0 Å². The molecule has 0 spiro atoms. The highest BCUT2D eigenvalue weighted by Crippen LogP contribution is 2.30. The summed E-state index contributed by atoms with van der Waals surface area (Å²) in [5.74, 6) is 0. The van der Waals surface area contributed by atoms with E-state index in [4.69, 9.17) is 0 Å². The zero-order valence-corrected chi connectivity index (χ0v) is 12.6. The number of sulfonamides is 1. The molecule has 0 radical (unpaired) electrons. The van der Waals surface area contributed by atoms with E-state index in [1.807, 2.05) is 6.92 Å². The number of hydrogen-bond donors (Lipinski definition) is 1. The van der Waals surface area contributed by atoms with Crippen LogP contribution in [0.2, 0.25) is 0 Å². The van der Waals surface area contributed by atoms with E-state index in [0.717, 1.165) is 6.26 Å². The first kappa shape index (κ1) is 16.4. The van der Waals surface area contributed by atoms with E-state index in [0.29, 0.717) is 24.3 Å². The van der Waals surface area contributed by atoms with Crippen LogP contribution in [0.3, 0.4) is 0 Å². The number of nitro benzene ring substituents is 1. The molecule has 0 unspecified atom stereocenters. The van der Waals surface area contributed by atoms with Gasteiger partial charge in [0.25, 0.3) is 5.69 Å². The molecular formula is C12H19N3O4S. The van der Waals surface area contributed by atoms with Gasteiger partial charge in [-0.25, -0.2) is 13.1 Å². The average Bonchev–Trinajstić information content (AvgIpc) is 2.32. The molecule has 0 atom stereocenters. The second kappa shape index (κ2) is 6.67. The zero-order chi connectivity index (χ0) is 15.3. The molecule has 1 aromatic carbocycles. The molecule has 0 saturated heterocycles. The Hall–Kier alpha value is -1.67. The van der Waals surface area contributed by atoms with Crippen molar-refractivity contribution in [2.45, 2.75) is 13.8 Å². The number of para-hydroxylation sites is 1. The lowest BCUT2D eigenvalue weighted by molar-refractivity contribution is -0.384. The van der Waals surface area contributed by atoms with Crippen molar-refractivity contribution in [2.24, 2.45) is 0 Å². The molecule has 0 aliphatic carbocycles. The summed E-state index contributed by atoms with van der Waals surface area (Å²) >= 11 is 0. The van der Waals surface area contributed by atoms with Gasteiger partial charge in [0.1, 0.15) is 5.69 Å². The molecule has 0 heterocycles. The van der Waals surface area contributed by atoms with Gasteiger partial charge in [-0.15, -0.1) is 0 Å². The summed E-state index contributed by atoms with van der Waals surface area (Å²) in [4.78, 5) is 12.5. The Bertz CT molecular complexity index is 586. The molecule has 7 nitrogen and oxygen atoms in total. The van der Waals surface area contributed by atoms with Gasteiger partial charge in [-0.05, 0) is 19.9 Å². The van der Waals surface area contributed by atoms with Gasteiger partial charge < -0.3 is 4.90 Å². The van der Waals surface area contributed by atoms with E-state index in [1.165, 1.54) is 0 Å². The fourth-order valence-corrected chi connectivity index (χ4v) is 2.41. The third-order valence-electron chi connectivity index (χ3n) is 2.87. The van der Waals surface area contributed by atoms with Crippen molar-refractivity contribution < 1.29 is 13.3 Å². The number of rotatable bonds is 7. The number of nitro groups is 1. The summed E-state index contributed by atoms with van der Waals surface area (Å²) in [6.07, 6.45) is 1.08. The standard InChI is InChI=1S/C12H19N3O4S/c1-4-14(9-8-13-20(3,18)19)11-7-5-6-10(2)12(11)15(16)17/h5-7,13H,4,8-9H2,1-3H3. The first-order valence-electron chi connectivity index (χ1n) is 6.20. The number of likely N-dealkylation sites (N-methyl/N-ethyl adjacent to an activating group) is 1. The van der Waals surface area contributed by atoms with E-state index >= 15 is 0 Å². The molecule has 112 valence electrons. The van der Waals surface area contributed by atoms with Crippen molar-refractivity contribution in [3.05, 3.63) is 33.9 Å². The molecule has 1 aromatic rings. The summed E-state index contributed by atoms with van der Waals surface area (Å²) < 4.78 is 24.4. The molecule has 0 bridgehead atoms. The molecule has 0 aromatic heterocycles. The lowest BCUT2D eigenvalue weighted by atomic mass is 10.1. The zero-order valence-electron chi connectivity index (χ0n) is 11.8. The van der Waals surface area contributed by atoms with Crippen LogP contribution >= 0.6 is 0 Å². The molecular weight excluding hydrogens is 282 g/mol. The van der Waals surface area contributed by atoms with Crippen LogP contribution in [0.1, 0.15) is 12.5 Å². The van der Waals surface area contributed by atoms with Crippen molar-refractivity contribution >= 4 is 21.4 Å². The minimum Gasteiger partial charge on any atom is -0.365 e. The number of benzene rings is 1. The highest BCUT2D eigenvalue weighted by molar-refractivity contribution is 7.88. The van der Waals surface area contributed by atoms with Gasteiger partial charge in [-0.3, -0.25) is 10.1 Å². The van der Waals surface area contributed by atoms with Gasteiger partial charge in [-0.2, -0.15) is 0 Å². The van der Waals surface area contributed by atoms with Gasteiger partial charge in [0.05, 0.1) is 11.2 Å². The maximum Gasteiger partial charge on any atom is 0.295 e. The Morgan fingerprint density at radius 2 is 2.05 bits per heavy atom. The summed E-state index contributed by atoms with van der Waals surface area (Å²) in [5, 5.41) is 11.2. The van der Waals surface area contributed by atoms with Crippen LogP contribution in [0.15, 0.2) is 18.2 Å². The minimum atomic E-state index is -3.26. The SMILES string of the molecule is CCN(CCNS(C)(=O)=O)c1cccc(C)c1[N+](=O)[O-].